The summed E-state index contributed by atoms with van der Waals surface area (Å²) >= 11 is 0. The fraction of sp³-hybridized carbons (Fsp3) is 0.533. The van der Waals surface area contributed by atoms with Crippen LogP contribution in [0.15, 0.2) is 24.3 Å². The Morgan fingerprint density at radius 2 is 2.00 bits per heavy atom. The summed E-state index contributed by atoms with van der Waals surface area (Å²) in [7, 11) is 3.13. The van der Waals surface area contributed by atoms with Gasteiger partial charge in [-0.2, -0.15) is 0 Å². The Labute approximate surface area is 114 Å². The second-order valence-corrected chi connectivity index (χ2v) is 5.05. The van der Waals surface area contributed by atoms with Gasteiger partial charge < -0.3 is 9.47 Å². The van der Waals surface area contributed by atoms with Gasteiger partial charge in [0.1, 0.15) is 6.04 Å². The molecule has 2 rings (SSSR count). The van der Waals surface area contributed by atoms with E-state index in [-0.39, 0.29) is 18.1 Å². The molecule has 0 N–H and O–H groups in total. The zero-order valence-electron chi connectivity index (χ0n) is 11.8. The molecule has 2 atom stereocenters. The Balaban J connectivity index is 2.07. The average Bonchev–Trinajstić information content (AvgIpc) is 2.83. The third-order valence-corrected chi connectivity index (χ3v) is 3.68. The molecule has 0 spiro atoms. The third-order valence-electron chi connectivity index (χ3n) is 3.68. The van der Waals surface area contributed by atoms with Gasteiger partial charge in [0.15, 0.2) is 0 Å². The van der Waals surface area contributed by atoms with Crippen molar-refractivity contribution in [3.8, 4) is 0 Å². The Morgan fingerprint density at radius 1 is 1.32 bits per heavy atom. The summed E-state index contributed by atoms with van der Waals surface area (Å²) in [5, 5.41) is 0. The summed E-state index contributed by atoms with van der Waals surface area (Å²) in [5.74, 6) is -0.174. The molecule has 1 aromatic carbocycles. The van der Waals surface area contributed by atoms with Crippen molar-refractivity contribution in [2.45, 2.75) is 32.0 Å². The highest BCUT2D eigenvalue weighted by Crippen LogP contribution is 2.23. The van der Waals surface area contributed by atoms with Crippen LogP contribution in [-0.4, -0.2) is 43.8 Å². The maximum Gasteiger partial charge on any atom is 0.323 e. The van der Waals surface area contributed by atoms with E-state index >= 15 is 0 Å². The summed E-state index contributed by atoms with van der Waals surface area (Å²) in [4.78, 5) is 13.9. The second kappa shape index (κ2) is 6.17. The number of carbonyl (C=O) groups excluding carboxylic acids is 1. The van der Waals surface area contributed by atoms with Crippen molar-refractivity contribution in [1.29, 1.82) is 0 Å². The molecule has 4 nitrogen and oxygen atoms in total. The number of benzene rings is 1. The van der Waals surface area contributed by atoms with Crippen LogP contribution in [0.4, 0.5) is 0 Å². The van der Waals surface area contributed by atoms with E-state index in [1.807, 2.05) is 0 Å². The van der Waals surface area contributed by atoms with E-state index in [0.717, 1.165) is 13.1 Å². The number of aryl methyl sites for hydroxylation is 1. The number of esters is 1. The molecule has 19 heavy (non-hydrogen) atoms. The summed E-state index contributed by atoms with van der Waals surface area (Å²) in [6, 6.07) is 8.18. The van der Waals surface area contributed by atoms with Gasteiger partial charge in [0.25, 0.3) is 0 Å². The van der Waals surface area contributed by atoms with E-state index in [1.165, 1.54) is 18.2 Å². The predicted octanol–water partition coefficient (Wildman–Crippen LogP) is 1.76. The molecule has 0 unspecified atom stereocenters. The predicted molar refractivity (Wildman–Crippen MR) is 72.8 cm³/mol. The summed E-state index contributed by atoms with van der Waals surface area (Å²) < 4.78 is 10.3. The van der Waals surface area contributed by atoms with Gasteiger partial charge in [-0.25, -0.2) is 0 Å². The smallest absolute Gasteiger partial charge is 0.323 e. The molecule has 1 aromatic rings. The lowest BCUT2D eigenvalue weighted by Crippen LogP contribution is -2.36. The molecule has 1 aliphatic rings. The van der Waals surface area contributed by atoms with E-state index in [2.05, 4.69) is 36.1 Å². The lowest BCUT2D eigenvalue weighted by Gasteiger charge is -2.22. The first-order chi connectivity index (χ1) is 9.13. The van der Waals surface area contributed by atoms with E-state index in [0.29, 0.717) is 6.42 Å². The highest BCUT2D eigenvalue weighted by Gasteiger charge is 2.37. The minimum absolute atomic E-state index is 0.106. The Morgan fingerprint density at radius 3 is 2.58 bits per heavy atom. The fourth-order valence-corrected chi connectivity index (χ4v) is 2.52. The fourth-order valence-electron chi connectivity index (χ4n) is 2.52. The first kappa shape index (κ1) is 14.0. The van der Waals surface area contributed by atoms with Crippen molar-refractivity contribution in [2.24, 2.45) is 0 Å². The third kappa shape index (κ3) is 3.33. The van der Waals surface area contributed by atoms with Crippen LogP contribution in [0.25, 0.3) is 0 Å². The average molecular weight is 263 g/mol. The summed E-state index contributed by atoms with van der Waals surface area (Å²) in [6.07, 6.45) is 0.809. The number of carbonyl (C=O) groups is 1. The molecule has 0 aliphatic carbocycles. The Bertz CT molecular complexity index is 430. The number of likely N-dealkylation sites (tertiary alicyclic amines) is 1. The molecule has 1 aliphatic heterocycles. The van der Waals surface area contributed by atoms with Gasteiger partial charge in [0.2, 0.25) is 0 Å². The topological polar surface area (TPSA) is 38.8 Å². The van der Waals surface area contributed by atoms with E-state index in [4.69, 9.17) is 9.47 Å². The number of methoxy groups -OCH3 is 2. The number of rotatable bonds is 4. The maximum atomic E-state index is 11.8. The minimum Gasteiger partial charge on any atom is -0.468 e. The van der Waals surface area contributed by atoms with Gasteiger partial charge in [-0.15, -0.1) is 0 Å². The standard InChI is InChI=1S/C15H21NO3/c1-11-4-6-12(7-5-11)9-16-10-13(18-2)8-14(16)15(17)19-3/h4-7,13-14H,8-10H2,1-3H3/t13-,14-/m0/s1. The zero-order valence-corrected chi connectivity index (χ0v) is 11.8. The van der Waals surface area contributed by atoms with Gasteiger partial charge in [0.05, 0.1) is 13.2 Å². The SMILES string of the molecule is COC(=O)[C@@H]1C[C@H](OC)CN1Cc1ccc(C)cc1. The monoisotopic (exact) mass is 263 g/mol. The summed E-state index contributed by atoms with van der Waals surface area (Å²) in [6.45, 7) is 3.59. The summed E-state index contributed by atoms with van der Waals surface area (Å²) in [5.41, 5.74) is 2.45. The first-order valence-electron chi connectivity index (χ1n) is 6.54. The molecular weight excluding hydrogens is 242 g/mol. The zero-order chi connectivity index (χ0) is 13.8. The van der Waals surface area contributed by atoms with E-state index in [9.17, 15) is 4.79 Å². The first-order valence-corrected chi connectivity index (χ1v) is 6.54. The van der Waals surface area contributed by atoms with Gasteiger partial charge in [-0.3, -0.25) is 9.69 Å². The number of ether oxygens (including phenoxy) is 2. The molecule has 0 saturated carbocycles. The van der Waals surface area contributed by atoms with Crippen molar-refractivity contribution in [3.63, 3.8) is 0 Å². The van der Waals surface area contributed by atoms with Crippen LogP contribution in [0, 0.1) is 6.92 Å². The molecule has 1 fully saturated rings. The van der Waals surface area contributed by atoms with Crippen LogP contribution in [0.3, 0.4) is 0 Å². The highest BCUT2D eigenvalue weighted by atomic mass is 16.5. The normalized spacial score (nSPS) is 23.5. The van der Waals surface area contributed by atoms with Crippen LogP contribution in [0.5, 0.6) is 0 Å². The van der Waals surface area contributed by atoms with Crippen molar-refractivity contribution in [3.05, 3.63) is 35.4 Å². The van der Waals surface area contributed by atoms with E-state index in [1.54, 1.807) is 7.11 Å². The molecule has 4 heteroatoms. The molecule has 104 valence electrons. The van der Waals surface area contributed by atoms with Gasteiger partial charge in [-0.1, -0.05) is 29.8 Å². The molecule has 1 saturated heterocycles. The highest BCUT2D eigenvalue weighted by molar-refractivity contribution is 5.76. The van der Waals surface area contributed by atoms with Crippen LogP contribution < -0.4 is 0 Å². The van der Waals surface area contributed by atoms with Crippen molar-refractivity contribution < 1.29 is 14.3 Å². The van der Waals surface area contributed by atoms with Crippen LogP contribution in [-0.2, 0) is 20.8 Å². The van der Waals surface area contributed by atoms with Crippen LogP contribution in [0.1, 0.15) is 17.5 Å². The quantitative estimate of drug-likeness (QED) is 0.776. The minimum atomic E-state index is -0.198. The Kier molecular flexibility index (Phi) is 4.56. The van der Waals surface area contributed by atoms with Crippen LogP contribution in [0.2, 0.25) is 0 Å². The van der Waals surface area contributed by atoms with Gasteiger partial charge in [-0.05, 0) is 12.5 Å². The maximum absolute atomic E-state index is 11.8. The van der Waals surface area contributed by atoms with Crippen molar-refractivity contribution >= 4 is 5.97 Å². The molecule has 0 radical (unpaired) electrons. The lowest BCUT2D eigenvalue weighted by atomic mass is 10.1. The molecule has 0 bridgehead atoms. The van der Waals surface area contributed by atoms with Gasteiger partial charge in [0, 0.05) is 26.6 Å². The Hall–Kier alpha value is -1.39. The van der Waals surface area contributed by atoms with E-state index < -0.39 is 0 Å². The molecule has 0 aromatic heterocycles. The van der Waals surface area contributed by atoms with Crippen molar-refractivity contribution in [1.82, 2.24) is 4.90 Å². The van der Waals surface area contributed by atoms with Gasteiger partial charge >= 0.3 is 5.97 Å². The molecule has 1 heterocycles. The molecule has 0 amide bonds. The van der Waals surface area contributed by atoms with Crippen LogP contribution >= 0.6 is 0 Å². The second-order valence-electron chi connectivity index (χ2n) is 5.05. The van der Waals surface area contributed by atoms with Crippen molar-refractivity contribution in [2.75, 3.05) is 20.8 Å². The molecular formula is C15H21NO3. The lowest BCUT2D eigenvalue weighted by molar-refractivity contribution is -0.146. The number of nitrogens with zero attached hydrogens (tertiary/aromatic N) is 1. The number of hydrogen-bond acceptors (Lipinski definition) is 4. The largest absolute Gasteiger partial charge is 0.468 e. The number of hydrogen-bond donors (Lipinski definition) is 0.